The van der Waals surface area contributed by atoms with E-state index >= 15 is 0 Å². The van der Waals surface area contributed by atoms with E-state index in [-0.39, 0.29) is 5.41 Å². The minimum atomic E-state index is -0.443. The van der Waals surface area contributed by atoms with E-state index in [1.807, 2.05) is 0 Å². The lowest BCUT2D eigenvalue weighted by Gasteiger charge is -2.34. The van der Waals surface area contributed by atoms with Gasteiger partial charge in [0.15, 0.2) is 0 Å². The van der Waals surface area contributed by atoms with Crippen LogP contribution in [0.15, 0.2) is 0 Å². The van der Waals surface area contributed by atoms with E-state index < -0.39 is 6.10 Å². The van der Waals surface area contributed by atoms with Crippen LogP contribution in [0.5, 0.6) is 0 Å². The Morgan fingerprint density at radius 1 is 1.25 bits per heavy atom. The molecule has 0 bridgehead atoms. The molecule has 0 fully saturated rings. The fourth-order valence-corrected chi connectivity index (χ4v) is 3.14. The molecule has 0 aromatic carbocycles. The molecule has 0 aliphatic heterocycles. The van der Waals surface area contributed by atoms with Gasteiger partial charge >= 0.3 is 0 Å². The summed E-state index contributed by atoms with van der Waals surface area (Å²) in [5.41, 5.74) is 0.458. The molecule has 0 aliphatic rings. The molecule has 1 atom stereocenters. The Morgan fingerprint density at radius 3 is 2.45 bits per heavy atom. The van der Waals surface area contributed by atoms with E-state index in [1.54, 1.807) is 11.8 Å². The Balaban J connectivity index is 3.83. The Hall–Kier alpha value is -0.0600. The van der Waals surface area contributed by atoms with E-state index in [4.69, 9.17) is 4.74 Å². The van der Waals surface area contributed by atoms with Crippen LogP contribution in [0.2, 0.25) is 0 Å². The van der Waals surface area contributed by atoms with Gasteiger partial charge in [-0.3, -0.25) is 0 Å². The number of ether oxygens (including phenoxy) is 1. The second-order valence-electron chi connectivity index (χ2n) is 7.06. The minimum Gasteiger partial charge on any atom is -0.390 e. The maximum Gasteiger partial charge on any atom is 0.120 e. The second-order valence-corrected chi connectivity index (χ2v) is 8.21. The summed E-state index contributed by atoms with van der Waals surface area (Å²) in [6.45, 7) is 12.3. The molecule has 0 saturated heterocycles. The number of carbonyl (C=O) groups is 1. The smallest absolute Gasteiger partial charge is 0.120 e. The van der Waals surface area contributed by atoms with Gasteiger partial charge in [-0.15, -0.1) is 0 Å². The molecule has 20 heavy (non-hydrogen) atoms. The van der Waals surface area contributed by atoms with Crippen molar-refractivity contribution in [3.63, 3.8) is 0 Å². The Kier molecular flexibility index (Phi) is 9.77. The SMILES string of the molecule is CCC(C)(C)CC(C)(C)COCC(O)CSCCC=O. The third-order valence-electron chi connectivity index (χ3n) is 3.41. The maximum absolute atomic E-state index is 10.2. The van der Waals surface area contributed by atoms with Crippen molar-refractivity contribution < 1.29 is 14.6 Å². The van der Waals surface area contributed by atoms with Crippen LogP contribution in [-0.2, 0) is 9.53 Å². The first-order valence-corrected chi connectivity index (χ1v) is 8.65. The molecule has 0 aliphatic carbocycles. The Bertz CT molecular complexity index is 264. The fraction of sp³-hybridized carbons (Fsp3) is 0.938. The van der Waals surface area contributed by atoms with Crippen molar-refractivity contribution in [3.05, 3.63) is 0 Å². The summed E-state index contributed by atoms with van der Waals surface area (Å²) in [4.78, 5) is 10.2. The van der Waals surface area contributed by atoms with Crippen LogP contribution < -0.4 is 0 Å². The van der Waals surface area contributed by atoms with Gasteiger partial charge in [-0.05, 0) is 23.0 Å². The quantitative estimate of drug-likeness (QED) is 0.442. The van der Waals surface area contributed by atoms with Gasteiger partial charge in [-0.25, -0.2) is 0 Å². The molecule has 4 heteroatoms. The van der Waals surface area contributed by atoms with Crippen LogP contribution >= 0.6 is 11.8 Å². The van der Waals surface area contributed by atoms with Crippen LogP contribution in [-0.4, -0.2) is 42.2 Å². The third-order valence-corrected chi connectivity index (χ3v) is 4.55. The molecular formula is C16H32O3S. The van der Waals surface area contributed by atoms with E-state index in [9.17, 15) is 9.90 Å². The van der Waals surface area contributed by atoms with E-state index in [1.165, 1.54) is 0 Å². The summed E-state index contributed by atoms with van der Waals surface area (Å²) in [6.07, 6.45) is 3.29. The average Bonchev–Trinajstić information content (AvgIpc) is 2.33. The van der Waals surface area contributed by atoms with Gasteiger partial charge in [0.05, 0.1) is 19.3 Å². The van der Waals surface area contributed by atoms with Gasteiger partial charge in [0, 0.05) is 12.2 Å². The maximum atomic E-state index is 10.2. The van der Waals surface area contributed by atoms with E-state index in [0.29, 0.717) is 30.8 Å². The molecule has 0 radical (unpaired) electrons. The van der Waals surface area contributed by atoms with Crippen molar-refractivity contribution in [2.45, 2.75) is 60.0 Å². The highest BCUT2D eigenvalue weighted by Gasteiger charge is 2.27. The van der Waals surface area contributed by atoms with E-state index in [0.717, 1.165) is 24.9 Å². The molecule has 3 nitrogen and oxygen atoms in total. The molecule has 0 amide bonds. The van der Waals surface area contributed by atoms with Crippen molar-refractivity contribution in [1.29, 1.82) is 0 Å². The summed E-state index contributed by atoms with van der Waals surface area (Å²) in [7, 11) is 0. The zero-order valence-corrected chi connectivity index (χ0v) is 14.6. The van der Waals surface area contributed by atoms with Crippen LogP contribution in [0.1, 0.15) is 53.9 Å². The number of hydrogen-bond donors (Lipinski definition) is 1. The van der Waals surface area contributed by atoms with Crippen molar-refractivity contribution in [1.82, 2.24) is 0 Å². The van der Waals surface area contributed by atoms with Crippen molar-refractivity contribution >= 4 is 18.0 Å². The number of carbonyl (C=O) groups excluding carboxylic acids is 1. The minimum absolute atomic E-state index is 0.129. The van der Waals surface area contributed by atoms with E-state index in [2.05, 4.69) is 34.6 Å². The van der Waals surface area contributed by atoms with Gasteiger partial charge in [0.2, 0.25) is 0 Å². The molecule has 0 saturated carbocycles. The fourth-order valence-electron chi connectivity index (χ4n) is 2.34. The van der Waals surface area contributed by atoms with Crippen LogP contribution in [0.3, 0.4) is 0 Å². The number of rotatable bonds is 12. The lowest BCUT2D eigenvalue weighted by Crippen LogP contribution is -2.29. The topological polar surface area (TPSA) is 46.5 Å². The van der Waals surface area contributed by atoms with Crippen LogP contribution in [0.4, 0.5) is 0 Å². The molecule has 1 N–H and O–H groups in total. The normalized spacial score (nSPS) is 14.3. The predicted octanol–water partition coefficient (Wildman–Crippen LogP) is 3.54. The third kappa shape index (κ3) is 10.7. The molecule has 0 rings (SSSR count). The monoisotopic (exact) mass is 304 g/mol. The second kappa shape index (κ2) is 9.80. The van der Waals surface area contributed by atoms with Gasteiger partial charge in [0.25, 0.3) is 0 Å². The number of aldehydes is 1. The zero-order valence-electron chi connectivity index (χ0n) is 13.8. The van der Waals surface area contributed by atoms with Gasteiger partial charge < -0.3 is 14.6 Å². The number of aliphatic hydroxyl groups excluding tert-OH is 1. The molecule has 1 unspecified atom stereocenters. The standard InChI is InChI=1S/C16H32O3S/c1-6-15(2,3)12-16(4,5)13-19-10-14(18)11-20-9-7-8-17/h8,14,18H,6-7,9-13H2,1-5H3. The highest BCUT2D eigenvalue weighted by Crippen LogP contribution is 2.36. The molecule has 0 aromatic rings. The molecule has 0 spiro atoms. The van der Waals surface area contributed by atoms with Crippen LogP contribution in [0, 0.1) is 10.8 Å². The summed E-state index contributed by atoms with van der Waals surface area (Å²) >= 11 is 1.60. The predicted molar refractivity (Wildman–Crippen MR) is 87.3 cm³/mol. The van der Waals surface area contributed by atoms with Crippen molar-refractivity contribution in [3.8, 4) is 0 Å². The Morgan fingerprint density at radius 2 is 1.90 bits per heavy atom. The number of hydrogen-bond acceptors (Lipinski definition) is 4. The van der Waals surface area contributed by atoms with Gasteiger partial charge in [-0.2, -0.15) is 11.8 Å². The summed E-state index contributed by atoms with van der Waals surface area (Å²) < 4.78 is 5.67. The molecule has 0 heterocycles. The summed E-state index contributed by atoms with van der Waals surface area (Å²) in [5, 5.41) is 9.79. The first kappa shape index (κ1) is 19.9. The van der Waals surface area contributed by atoms with Crippen molar-refractivity contribution in [2.24, 2.45) is 10.8 Å². The largest absolute Gasteiger partial charge is 0.390 e. The number of aliphatic hydroxyl groups is 1. The summed E-state index contributed by atoms with van der Waals surface area (Å²) in [6, 6.07) is 0. The van der Waals surface area contributed by atoms with Crippen LogP contribution in [0.25, 0.3) is 0 Å². The first-order valence-electron chi connectivity index (χ1n) is 7.49. The molecule has 0 aromatic heterocycles. The first-order chi connectivity index (χ1) is 9.22. The number of thioether (sulfide) groups is 1. The highest BCUT2D eigenvalue weighted by molar-refractivity contribution is 7.99. The zero-order chi connectivity index (χ0) is 15.6. The highest BCUT2D eigenvalue weighted by atomic mass is 32.2. The lowest BCUT2D eigenvalue weighted by molar-refractivity contribution is -0.107. The van der Waals surface area contributed by atoms with Crippen molar-refractivity contribution in [2.75, 3.05) is 24.7 Å². The van der Waals surface area contributed by atoms with Gasteiger partial charge in [0.1, 0.15) is 6.29 Å². The lowest BCUT2D eigenvalue weighted by atomic mass is 9.74. The van der Waals surface area contributed by atoms with Gasteiger partial charge in [-0.1, -0.05) is 41.0 Å². The molecular weight excluding hydrogens is 272 g/mol. The summed E-state index contributed by atoms with van der Waals surface area (Å²) in [5.74, 6) is 1.41. The Labute approximate surface area is 128 Å². The average molecular weight is 304 g/mol. The molecule has 120 valence electrons.